The Labute approximate surface area is 139 Å². The number of phenols is 1. The van der Waals surface area contributed by atoms with E-state index in [1.807, 2.05) is 30.3 Å². The molecule has 6 heteroatoms. The smallest absolute Gasteiger partial charge is 0.253 e. The van der Waals surface area contributed by atoms with E-state index in [0.717, 1.165) is 5.56 Å². The van der Waals surface area contributed by atoms with Crippen LogP contribution < -0.4 is 10.7 Å². The summed E-state index contributed by atoms with van der Waals surface area (Å²) in [6.07, 6.45) is 1.42. The van der Waals surface area contributed by atoms with E-state index in [9.17, 15) is 14.7 Å². The summed E-state index contributed by atoms with van der Waals surface area (Å²) in [5.74, 6) is -1.66. The number of phenolic OH excluding ortho intramolecular Hbond substituents is 1. The molecule has 0 spiro atoms. The Bertz CT molecular complexity index is 774. The molecular weight excluding hydrogens is 306 g/mol. The molecule has 2 atom stereocenters. The molecule has 1 aliphatic heterocycles. The molecule has 1 heterocycles. The fraction of sp³-hybridized carbons (Fsp3) is 0.167. The molecular formula is C18H17N3O3. The summed E-state index contributed by atoms with van der Waals surface area (Å²) in [4.78, 5) is 24.4. The van der Waals surface area contributed by atoms with Gasteiger partial charge in [-0.25, -0.2) is 5.43 Å². The van der Waals surface area contributed by atoms with Gasteiger partial charge in [0.1, 0.15) is 11.7 Å². The number of nitrogens with zero attached hydrogens (tertiary/aromatic N) is 1. The number of rotatable bonds is 4. The van der Waals surface area contributed by atoms with Crippen molar-refractivity contribution in [3.63, 3.8) is 0 Å². The van der Waals surface area contributed by atoms with E-state index in [4.69, 9.17) is 0 Å². The van der Waals surface area contributed by atoms with Crippen molar-refractivity contribution >= 4 is 18.0 Å². The van der Waals surface area contributed by atoms with Crippen LogP contribution in [0.15, 0.2) is 59.7 Å². The van der Waals surface area contributed by atoms with E-state index in [1.165, 1.54) is 12.3 Å². The zero-order valence-corrected chi connectivity index (χ0v) is 12.8. The van der Waals surface area contributed by atoms with E-state index in [1.54, 1.807) is 18.2 Å². The molecule has 24 heavy (non-hydrogen) atoms. The summed E-state index contributed by atoms with van der Waals surface area (Å²) in [6, 6.07) is 15.9. The normalized spacial score (nSPS) is 20.1. The summed E-state index contributed by atoms with van der Waals surface area (Å²) in [7, 11) is 0. The van der Waals surface area contributed by atoms with Gasteiger partial charge in [0.2, 0.25) is 5.91 Å². The molecule has 122 valence electrons. The van der Waals surface area contributed by atoms with E-state index in [2.05, 4.69) is 15.8 Å². The second kappa shape index (κ2) is 6.95. The minimum atomic E-state index is -0.811. The molecule has 1 aliphatic rings. The summed E-state index contributed by atoms with van der Waals surface area (Å²) in [5, 5.41) is 16.0. The van der Waals surface area contributed by atoms with Gasteiger partial charge < -0.3 is 10.4 Å². The lowest BCUT2D eigenvalue weighted by Crippen LogP contribution is -2.34. The maximum Gasteiger partial charge on any atom is 0.253 e. The van der Waals surface area contributed by atoms with Gasteiger partial charge in [-0.15, -0.1) is 0 Å². The van der Waals surface area contributed by atoms with Gasteiger partial charge in [0.25, 0.3) is 5.91 Å². The average Bonchev–Trinajstić information content (AvgIpc) is 2.97. The monoisotopic (exact) mass is 323 g/mol. The maximum absolute atomic E-state index is 12.4. The van der Waals surface area contributed by atoms with Crippen molar-refractivity contribution in [1.29, 1.82) is 0 Å². The highest BCUT2D eigenvalue weighted by molar-refractivity contribution is 6.03. The summed E-state index contributed by atoms with van der Waals surface area (Å²) in [5.41, 5.74) is 3.99. The largest absolute Gasteiger partial charge is 0.508 e. The Balaban J connectivity index is 1.70. The van der Waals surface area contributed by atoms with Crippen LogP contribution in [-0.4, -0.2) is 29.7 Å². The lowest BCUT2D eigenvalue weighted by molar-refractivity contribution is -0.133. The number of aromatic hydroxyl groups is 1. The van der Waals surface area contributed by atoms with Crippen LogP contribution in [0.1, 0.15) is 17.0 Å². The van der Waals surface area contributed by atoms with Crippen LogP contribution in [0.3, 0.4) is 0 Å². The molecule has 0 unspecified atom stereocenters. The van der Waals surface area contributed by atoms with Crippen LogP contribution in [0.25, 0.3) is 0 Å². The van der Waals surface area contributed by atoms with Crippen molar-refractivity contribution < 1.29 is 14.7 Å². The van der Waals surface area contributed by atoms with Gasteiger partial charge in [0, 0.05) is 12.5 Å². The first-order chi connectivity index (χ1) is 11.6. The van der Waals surface area contributed by atoms with Crippen LogP contribution >= 0.6 is 0 Å². The SMILES string of the molecule is O=C1NC[C@@H](c2ccccc2)[C@@H]1C(=O)N/N=C/c1cccc(O)c1. The van der Waals surface area contributed by atoms with E-state index in [0.29, 0.717) is 12.1 Å². The number of carbonyl (C=O) groups excluding carboxylic acids is 2. The molecule has 6 nitrogen and oxygen atoms in total. The zero-order chi connectivity index (χ0) is 16.9. The Morgan fingerprint density at radius 1 is 1.21 bits per heavy atom. The van der Waals surface area contributed by atoms with Crippen LogP contribution in [-0.2, 0) is 9.59 Å². The molecule has 1 fully saturated rings. The van der Waals surface area contributed by atoms with E-state index < -0.39 is 11.8 Å². The summed E-state index contributed by atoms with van der Waals surface area (Å²) < 4.78 is 0. The molecule has 0 saturated carbocycles. The minimum Gasteiger partial charge on any atom is -0.508 e. The zero-order valence-electron chi connectivity index (χ0n) is 12.8. The van der Waals surface area contributed by atoms with Crippen LogP contribution in [0.5, 0.6) is 5.75 Å². The quantitative estimate of drug-likeness (QED) is 0.451. The molecule has 3 rings (SSSR count). The number of hydrogen-bond acceptors (Lipinski definition) is 4. The highest BCUT2D eigenvalue weighted by Crippen LogP contribution is 2.28. The third-order valence-corrected chi connectivity index (χ3v) is 3.95. The first-order valence-corrected chi connectivity index (χ1v) is 7.60. The van der Waals surface area contributed by atoms with Crippen molar-refractivity contribution in [3.05, 3.63) is 65.7 Å². The number of carbonyl (C=O) groups is 2. The summed E-state index contributed by atoms with van der Waals surface area (Å²) >= 11 is 0. The molecule has 2 aromatic carbocycles. The molecule has 0 bridgehead atoms. The molecule has 3 N–H and O–H groups in total. The minimum absolute atomic E-state index is 0.115. The topological polar surface area (TPSA) is 90.8 Å². The first kappa shape index (κ1) is 15.7. The Morgan fingerprint density at radius 2 is 2.00 bits per heavy atom. The van der Waals surface area contributed by atoms with Crippen LogP contribution in [0.4, 0.5) is 0 Å². The highest BCUT2D eigenvalue weighted by Gasteiger charge is 2.40. The Morgan fingerprint density at radius 3 is 2.75 bits per heavy atom. The first-order valence-electron chi connectivity index (χ1n) is 7.60. The number of hydrazone groups is 1. The second-order valence-electron chi connectivity index (χ2n) is 5.57. The molecule has 0 aliphatic carbocycles. The van der Waals surface area contributed by atoms with Crippen LogP contribution in [0, 0.1) is 5.92 Å². The van der Waals surface area contributed by atoms with Crippen molar-refractivity contribution in [2.24, 2.45) is 11.0 Å². The standard InChI is InChI=1S/C18H17N3O3/c22-14-8-4-5-12(9-14)10-20-21-18(24)16-15(11-19-17(16)23)13-6-2-1-3-7-13/h1-10,15-16,22H,11H2,(H,19,23)(H,21,24)/b20-10+/t15-,16-/m0/s1. The van der Waals surface area contributed by atoms with Gasteiger partial charge in [-0.3, -0.25) is 9.59 Å². The molecule has 0 aromatic heterocycles. The average molecular weight is 323 g/mol. The molecule has 0 radical (unpaired) electrons. The second-order valence-corrected chi connectivity index (χ2v) is 5.57. The van der Waals surface area contributed by atoms with Gasteiger partial charge in [-0.05, 0) is 23.3 Å². The van der Waals surface area contributed by atoms with Crippen molar-refractivity contribution in [1.82, 2.24) is 10.7 Å². The Hall–Kier alpha value is -3.15. The third kappa shape index (κ3) is 3.43. The van der Waals surface area contributed by atoms with Gasteiger partial charge in [-0.2, -0.15) is 5.10 Å². The Kier molecular flexibility index (Phi) is 4.56. The highest BCUT2D eigenvalue weighted by atomic mass is 16.3. The van der Waals surface area contributed by atoms with E-state index >= 15 is 0 Å². The van der Waals surface area contributed by atoms with Crippen LogP contribution in [0.2, 0.25) is 0 Å². The number of benzene rings is 2. The van der Waals surface area contributed by atoms with Crippen molar-refractivity contribution in [2.45, 2.75) is 5.92 Å². The van der Waals surface area contributed by atoms with Gasteiger partial charge in [-0.1, -0.05) is 42.5 Å². The maximum atomic E-state index is 12.4. The van der Waals surface area contributed by atoms with Crippen molar-refractivity contribution in [3.8, 4) is 5.75 Å². The summed E-state index contributed by atoms with van der Waals surface area (Å²) in [6.45, 7) is 0.428. The lowest BCUT2D eigenvalue weighted by Gasteiger charge is -2.15. The molecule has 2 aromatic rings. The van der Waals surface area contributed by atoms with Gasteiger partial charge in [0.05, 0.1) is 6.21 Å². The van der Waals surface area contributed by atoms with Crippen molar-refractivity contribution in [2.75, 3.05) is 6.54 Å². The number of nitrogens with one attached hydrogen (secondary N) is 2. The van der Waals surface area contributed by atoms with Gasteiger partial charge in [0.15, 0.2) is 0 Å². The predicted molar refractivity (Wildman–Crippen MR) is 89.5 cm³/mol. The third-order valence-electron chi connectivity index (χ3n) is 3.95. The lowest BCUT2D eigenvalue weighted by atomic mass is 9.88. The number of hydrogen-bond donors (Lipinski definition) is 3. The fourth-order valence-corrected chi connectivity index (χ4v) is 2.78. The molecule has 1 saturated heterocycles. The van der Waals surface area contributed by atoms with Gasteiger partial charge >= 0.3 is 0 Å². The molecule has 2 amide bonds. The van der Waals surface area contributed by atoms with E-state index in [-0.39, 0.29) is 17.6 Å². The number of amides is 2. The predicted octanol–water partition coefficient (Wildman–Crippen LogP) is 1.37. The fourth-order valence-electron chi connectivity index (χ4n) is 2.78.